The molecule has 0 aliphatic heterocycles. The Balaban J connectivity index is 1.95. The predicted octanol–water partition coefficient (Wildman–Crippen LogP) is 2.68. The molecule has 1 atom stereocenters. The molecule has 1 saturated carbocycles. The van der Waals surface area contributed by atoms with Gasteiger partial charge < -0.3 is 4.98 Å². The summed E-state index contributed by atoms with van der Waals surface area (Å²) in [6.07, 6.45) is 10.9. The molecule has 0 spiro atoms. The quantitative estimate of drug-likeness (QED) is 0.842. The SMILES string of the molecule is O=c1[nH]cc(C2C=CC(Cl)=CC2)n1C1CC1. The van der Waals surface area contributed by atoms with Crippen LogP contribution >= 0.6 is 11.6 Å². The maximum Gasteiger partial charge on any atom is 0.325 e. The maximum atomic E-state index is 11.7. The van der Waals surface area contributed by atoms with Crippen LogP contribution in [0.1, 0.15) is 36.9 Å². The fraction of sp³-hybridized carbons (Fsp3) is 0.417. The van der Waals surface area contributed by atoms with Gasteiger partial charge in [0.1, 0.15) is 0 Å². The second-order valence-corrected chi connectivity index (χ2v) is 4.85. The molecule has 84 valence electrons. The van der Waals surface area contributed by atoms with E-state index in [2.05, 4.69) is 11.1 Å². The number of imidazole rings is 1. The number of aromatic nitrogens is 2. The second kappa shape index (κ2) is 3.67. The smallest absolute Gasteiger partial charge is 0.312 e. The van der Waals surface area contributed by atoms with E-state index in [0.717, 1.165) is 30.0 Å². The molecule has 1 unspecified atom stereocenters. The normalized spacial score (nSPS) is 24.6. The molecule has 16 heavy (non-hydrogen) atoms. The number of nitrogens with one attached hydrogen (secondary N) is 1. The summed E-state index contributed by atoms with van der Waals surface area (Å²) >= 11 is 5.89. The Labute approximate surface area is 98.4 Å². The van der Waals surface area contributed by atoms with Crippen LogP contribution in [0, 0.1) is 0 Å². The van der Waals surface area contributed by atoms with E-state index >= 15 is 0 Å². The maximum absolute atomic E-state index is 11.7. The van der Waals surface area contributed by atoms with Gasteiger partial charge in [0.05, 0.1) is 0 Å². The van der Waals surface area contributed by atoms with E-state index in [0.29, 0.717) is 6.04 Å². The molecular weight excluding hydrogens is 224 g/mol. The standard InChI is InChI=1S/C12H13ClN2O/c13-9-3-1-8(2-4-9)11-7-14-12(16)15(11)10-5-6-10/h1,3-4,7-8,10H,2,5-6H2,(H,14,16). The summed E-state index contributed by atoms with van der Waals surface area (Å²) in [5.41, 5.74) is 1.11. The minimum Gasteiger partial charge on any atom is -0.312 e. The van der Waals surface area contributed by atoms with Crippen LogP contribution in [0.15, 0.2) is 34.3 Å². The van der Waals surface area contributed by atoms with Gasteiger partial charge in [-0.05, 0) is 25.3 Å². The fourth-order valence-electron chi connectivity index (χ4n) is 2.20. The Morgan fingerprint density at radius 3 is 2.88 bits per heavy atom. The summed E-state index contributed by atoms with van der Waals surface area (Å²) in [6.45, 7) is 0. The van der Waals surface area contributed by atoms with Gasteiger partial charge in [0, 0.05) is 28.9 Å². The number of H-pyrrole nitrogens is 1. The summed E-state index contributed by atoms with van der Waals surface area (Å²) in [5, 5.41) is 0.784. The zero-order valence-corrected chi connectivity index (χ0v) is 9.57. The molecule has 1 N–H and O–H groups in total. The highest BCUT2D eigenvalue weighted by molar-refractivity contribution is 6.31. The molecule has 2 aliphatic rings. The first kappa shape index (κ1) is 9.97. The third-order valence-electron chi connectivity index (χ3n) is 3.19. The molecular formula is C12H13ClN2O. The lowest BCUT2D eigenvalue weighted by molar-refractivity contribution is 0.639. The number of aromatic amines is 1. The number of rotatable bonds is 2. The van der Waals surface area contributed by atoms with Crippen molar-refractivity contribution in [2.75, 3.05) is 0 Å². The van der Waals surface area contributed by atoms with Crippen LogP contribution in [0.2, 0.25) is 0 Å². The molecule has 4 heteroatoms. The first-order chi connectivity index (χ1) is 7.75. The highest BCUT2D eigenvalue weighted by Crippen LogP contribution is 2.37. The zero-order valence-electron chi connectivity index (χ0n) is 8.82. The monoisotopic (exact) mass is 236 g/mol. The summed E-state index contributed by atoms with van der Waals surface area (Å²) in [4.78, 5) is 14.5. The largest absolute Gasteiger partial charge is 0.325 e. The van der Waals surface area contributed by atoms with Gasteiger partial charge >= 0.3 is 5.69 Å². The third-order valence-corrected chi connectivity index (χ3v) is 3.47. The zero-order chi connectivity index (χ0) is 11.1. The van der Waals surface area contributed by atoms with Crippen molar-refractivity contribution in [3.8, 4) is 0 Å². The van der Waals surface area contributed by atoms with Gasteiger partial charge in [-0.1, -0.05) is 23.8 Å². The third kappa shape index (κ3) is 1.65. The molecule has 1 aromatic rings. The van der Waals surface area contributed by atoms with Crippen LogP contribution in [0.5, 0.6) is 0 Å². The Kier molecular flexibility index (Phi) is 2.28. The topological polar surface area (TPSA) is 37.8 Å². The van der Waals surface area contributed by atoms with Crippen molar-refractivity contribution in [3.63, 3.8) is 0 Å². The lowest BCUT2D eigenvalue weighted by atomic mass is 9.97. The van der Waals surface area contributed by atoms with Crippen LogP contribution in [0.3, 0.4) is 0 Å². The van der Waals surface area contributed by atoms with E-state index in [9.17, 15) is 4.79 Å². The summed E-state index contributed by atoms with van der Waals surface area (Å²) in [5.74, 6) is 0.280. The van der Waals surface area contributed by atoms with E-state index in [1.54, 1.807) is 0 Å². The molecule has 0 radical (unpaired) electrons. The molecule has 2 aliphatic carbocycles. The molecule has 1 fully saturated rings. The molecule has 0 aromatic carbocycles. The minimum absolute atomic E-state index is 0.0200. The van der Waals surface area contributed by atoms with Crippen LogP contribution in [0.4, 0.5) is 0 Å². The Morgan fingerprint density at radius 1 is 1.44 bits per heavy atom. The van der Waals surface area contributed by atoms with Gasteiger partial charge in [0.25, 0.3) is 0 Å². The highest BCUT2D eigenvalue weighted by Gasteiger charge is 2.29. The first-order valence-corrected chi connectivity index (χ1v) is 5.97. The number of allylic oxidation sites excluding steroid dienone is 4. The van der Waals surface area contributed by atoms with Crippen molar-refractivity contribution in [2.24, 2.45) is 0 Å². The Morgan fingerprint density at radius 2 is 2.25 bits per heavy atom. The van der Waals surface area contributed by atoms with E-state index < -0.39 is 0 Å². The van der Waals surface area contributed by atoms with Gasteiger partial charge in [0.15, 0.2) is 0 Å². The average Bonchev–Trinajstić information content (AvgIpc) is 3.04. The molecule has 1 heterocycles. The van der Waals surface area contributed by atoms with Crippen molar-refractivity contribution in [1.82, 2.24) is 9.55 Å². The molecule has 3 nitrogen and oxygen atoms in total. The van der Waals surface area contributed by atoms with Crippen LogP contribution in [0.25, 0.3) is 0 Å². The van der Waals surface area contributed by atoms with Crippen LogP contribution in [-0.4, -0.2) is 9.55 Å². The lowest BCUT2D eigenvalue weighted by Crippen LogP contribution is -2.19. The molecule has 3 rings (SSSR count). The van der Waals surface area contributed by atoms with Crippen LogP contribution in [-0.2, 0) is 0 Å². The Bertz CT molecular complexity index is 519. The number of hydrogen-bond donors (Lipinski definition) is 1. The van der Waals surface area contributed by atoms with E-state index in [-0.39, 0.29) is 11.6 Å². The van der Waals surface area contributed by atoms with Crippen LogP contribution < -0.4 is 5.69 Å². The minimum atomic E-state index is 0.0200. The molecule has 0 amide bonds. The lowest BCUT2D eigenvalue weighted by Gasteiger charge is -2.15. The van der Waals surface area contributed by atoms with Crippen molar-refractivity contribution < 1.29 is 0 Å². The first-order valence-electron chi connectivity index (χ1n) is 5.59. The van der Waals surface area contributed by atoms with Crippen molar-refractivity contribution >= 4 is 11.6 Å². The van der Waals surface area contributed by atoms with E-state index in [1.807, 2.05) is 22.9 Å². The molecule has 0 bridgehead atoms. The van der Waals surface area contributed by atoms with Gasteiger partial charge in [-0.15, -0.1) is 0 Å². The summed E-state index contributed by atoms with van der Waals surface area (Å²) < 4.78 is 1.90. The average molecular weight is 237 g/mol. The molecule has 0 saturated heterocycles. The fourth-order valence-corrected chi connectivity index (χ4v) is 2.36. The van der Waals surface area contributed by atoms with E-state index in [1.165, 1.54) is 0 Å². The van der Waals surface area contributed by atoms with Crippen molar-refractivity contribution in [2.45, 2.75) is 31.2 Å². The van der Waals surface area contributed by atoms with Crippen molar-refractivity contribution in [1.29, 1.82) is 0 Å². The molecule has 1 aromatic heterocycles. The Hall–Kier alpha value is -1.22. The summed E-state index contributed by atoms with van der Waals surface area (Å²) in [6, 6.07) is 0.420. The number of halogens is 1. The predicted molar refractivity (Wildman–Crippen MR) is 63.8 cm³/mol. The van der Waals surface area contributed by atoms with Gasteiger partial charge in [-0.25, -0.2) is 4.79 Å². The number of nitrogens with zero attached hydrogens (tertiary/aromatic N) is 1. The van der Waals surface area contributed by atoms with Crippen molar-refractivity contribution in [3.05, 3.63) is 45.6 Å². The van der Waals surface area contributed by atoms with Gasteiger partial charge in [-0.2, -0.15) is 0 Å². The highest BCUT2D eigenvalue weighted by atomic mass is 35.5. The van der Waals surface area contributed by atoms with Gasteiger partial charge in [0.2, 0.25) is 0 Å². The second-order valence-electron chi connectivity index (χ2n) is 4.41. The van der Waals surface area contributed by atoms with E-state index in [4.69, 9.17) is 11.6 Å². The number of hydrogen-bond acceptors (Lipinski definition) is 1. The summed E-state index contributed by atoms with van der Waals surface area (Å²) in [7, 11) is 0. The van der Waals surface area contributed by atoms with Gasteiger partial charge in [-0.3, -0.25) is 4.57 Å².